The fourth-order valence-corrected chi connectivity index (χ4v) is 1.75. The molecule has 0 aliphatic carbocycles. The van der Waals surface area contributed by atoms with Crippen LogP contribution in [0.1, 0.15) is 0 Å². The van der Waals surface area contributed by atoms with E-state index in [2.05, 4.69) is 37.1 Å². The number of hydrogen-bond acceptors (Lipinski definition) is 2. The first-order valence-electron chi connectivity index (χ1n) is 4.91. The van der Waals surface area contributed by atoms with Crippen LogP contribution < -0.4 is 5.32 Å². The van der Waals surface area contributed by atoms with E-state index in [0.717, 1.165) is 19.7 Å². The van der Waals surface area contributed by atoms with Crippen LogP contribution in [-0.2, 0) is 4.74 Å². The molecule has 0 rings (SSSR count). The zero-order valence-corrected chi connectivity index (χ0v) is 10.4. The van der Waals surface area contributed by atoms with Gasteiger partial charge < -0.3 is 10.1 Å². The Bertz CT molecular complexity index is 140. The molecular formula is C10H23NOSi. The molecule has 0 amide bonds. The molecule has 3 heteroatoms. The molecule has 1 N–H and O–H groups in total. The number of allylic oxidation sites excluding steroid dienone is 1. The van der Waals surface area contributed by atoms with Gasteiger partial charge in [-0.25, -0.2) is 0 Å². The summed E-state index contributed by atoms with van der Waals surface area (Å²) in [5.41, 5.74) is 0. The SMILES string of the molecule is COCCNCC=CC[Si](C)(C)C. The van der Waals surface area contributed by atoms with Gasteiger partial charge in [-0.2, -0.15) is 0 Å². The van der Waals surface area contributed by atoms with E-state index < -0.39 is 8.07 Å². The average Bonchev–Trinajstić information content (AvgIpc) is 2.01. The fourth-order valence-electron chi connectivity index (χ4n) is 0.880. The van der Waals surface area contributed by atoms with E-state index in [1.165, 1.54) is 6.04 Å². The third-order valence-corrected chi connectivity index (χ3v) is 3.10. The van der Waals surface area contributed by atoms with Gasteiger partial charge in [0, 0.05) is 28.3 Å². The minimum absolute atomic E-state index is 0.794. The van der Waals surface area contributed by atoms with Crippen molar-refractivity contribution >= 4 is 8.07 Å². The van der Waals surface area contributed by atoms with Gasteiger partial charge >= 0.3 is 0 Å². The summed E-state index contributed by atoms with van der Waals surface area (Å²) in [5, 5.41) is 3.28. The Hall–Kier alpha value is -0.123. The summed E-state index contributed by atoms with van der Waals surface area (Å²) in [6.07, 6.45) is 4.51. The number of hydrogen-bond donors (Lipinski definition) is 1. The molecule has 0 atom stereocenters. The van der Waals surface area contributed by atoms with Crippen LogP contribution in [0.5, 0.6) is 0 Å². The molecule has 2 nitrogen and oxygen atoms in total. The maximum Gasteiger partial charge on any atom is 0.0587 e. The first kappa shape index (κ1) is 12.9. The van der Waals surface area contributed by atoms with Gasteiger partial charge in [0.1, 0.15) is 0 Å². The lowest BCUT2D eigenvalue weighted by Gasteiger charge is -2.11. The highest BCUT2D eigenvalue weighted by atomic mass is 28.3. The van der Waals surface area contributed by atoms with Crippen LogP contribution >= 0.6 is 0 Å². The van der Waals surface area contributed by atoms with Crippen molar-refractivity contribution in [1.29, 1.82) is 0 Å². The van der Waals surface area contributed by atoms with Gasteiger partial charge in [0.05, 0.1) is 6.61 Å². The summed E-state index contributed by atoms with van der Waals surface area (Å²) in [6.45, 7) is 9.85. The van der Waals surface area contributed by atoms with Crippen molar-refractivity contribution in [3.8, 4) is 0 Å². The number of ether oxygens (including phenoxy) is 1. The molecule has 0 saturated carbocycles. The van der Waals surface area contributed by atoms with E-state index in [1.807, 2.05) is 0 Å². The number of rotatable bonds is 7. The normalized spacial score (nSPS) is 12.6. The lowest BCUT2D eigenvalue weighted by Crippen LogP contribution is -2.20. The zero-order valence-electron chi connectivity index (χ0n) is 9.39. The molecule has 0 aromatic carbocycles. The molecule has 0 saturated heterocycles. The Labute approximate surface area is 83.4 Å². The summed E-state index contributed by atoms with van der Waals surface area (Å²) in [4.78, 5) is 0. The maximum absolute atomic E-state index is 4.92. The Balaban J connectivity index is 3.22. The molecular weight excluding hydrogens is 178 g/mol. The Kier molecular flexibility index (Phi) is 7.23. The van der Waals surface area contributed by atoms with E-state index in [4.69, 9.17) is 4.74 Å². The lowest BCUT2D eigenvalue weighted by atomic mass is 10.5. The highest BCUT2D eigenvalue weighted by Gasteiger charge is 2.08. The van der Waals surface area contributed by atoms with Crippen molar-refractivity contribution in [2.24, 2.45) is 0 Å². The summed E-state index contributed by atoms with van der Waals surface area (Å²) in [6, 6.07) is 1.28. The molecule has 0 bridgehead atoms. The summed E-state index contributed by atoms with van der Waals surface area (Å²) in [5.74, 6) is 0. The van der Waals surface area contributed by atoms with E-state index in [9.17, 15) is 0 Å². The predicted octanol–water partition coefficient (Wildman–Crippen LogP) is 2.12. The van der Waals surface area contributed by atoms with Crippen molar-refractivity contribution in [2.75, 3.05) is 26.8 Å². The molecule has 0 unspecified atom stereocenters. The average molecular weight is 201 g/mol. The molecule has 0 aromatic rings. The summed E-state index contributed by atoms with van der Waals surface area (Å²) >= 11 is 0. The number of methoxy groups -OCH3 is 1. The second-order valence-electron chi connectivity index (χ2n) is 4.43. The van der Waals surface area contributed by atoms with Gasteiger partial charge in [0.15, 0.2) is 0 Å². The van der Waals surface area contributed by atoms with Gasteiger partial charge in [-0.1, -0.05) is 31.8 Å². The van der Waals surface area contributed by atoms with Crippen LogP contribution in [-0.4, -0.2) is 34.9 Å². The molecule has 0 fully saturated rings. The first-order valence-corrected chi connectivity index (χ1v) is 8.61. The zero-order chi connectivity index (χ0) is 10.2. The monoisotopic (exact) mass is 201 g/mol. The van der Waals surface area contributed by atoms with Crippen LogP contribution in [0.4, 0.5) is 0 Å². The first-order chi connectivity index (χ1) is 6.06. The van der Waals surface area contributed by atoms with Crippen LogP contribution in [0, 0.1) is 0 Å². The van der Waals surface area contributed by atoms with Crippen molar-refractivity contribution in [3.05, 3.63) is 12.2 Å². The second-order valence-corrected chi connectivity index (χ2v) is 9.96. The summed E-state index contributed by atoms with van der Waals surface area (Å²) < 4.78 is 4.92. The third-order valence-electron chi connectivity index (χ3n) is 1.64. The third kappa shape index (κ3) is 11.9. The van der Waals surface area contributed by atoms with Crippen LogP contribution in [0.2, 0.25) is 25.7 Å². The molecule has 0 spiro atoms. The molecule has 0 aliphatic rings. The van der Waals surface area contributed by atoms with Crippen LogP contribution in [0.15, 0.2) is 12.2 Å². The maximum atomic E-state index is 4.92. The summed E-state index contributed by atoms with van der Waals surface area (Å²) in [7, 11) is 0.853. The molecule has 13 heavy (non-hydrogen) atoms. The molecule has 0 radical (unpaired) electrons. The predicted molar refractivity (Wildman–Crippen MR) is 62.0 cm³/mol. The standard InChI is InChI=1S/C10H23NOSi/c1-12-9-8-11-7-5-6-10-13(2,3)4/h5-6,11H,7-10H2,1-4H3. The van der Waals surface area contributed by atoms with E-state index in [-0.39, 0.29) is 0 Å². The van der Waals surface area contributed by atoms with Crippen LogP contribution in [0.3, 0.4) is 0 Å². The van der Waals surface area contributed by atoms with Gasteiger partial charge in [0.2, 0.25) is 0 Å². The van der Waals surface area contributed by atoms with Crippen LogP contribution in [0.25, 0.3) is 0 Å². The largest absolute Gasteiger partial charge is 0.383 e. The Morgan fingerprint density at radius 2 is 1.92 bits per heavy atom. The van der Waals surface area contributed by atoms with Gasteiger partial charge in [-0.05, 0) is 6.04 Å². The van der Waals surface area contributed by atoms with Crippen molar-refractivity contribution in [2.45, 2.75) is 25.7 Å². The van der Waals surface area contributed by atoms with Gasteiger partial charge in [0.25, 0.3) is 0 Å². The van der Waals surface area contributed by atoms with Gasteiger partial charge in [-0.15, -0.1) is 0 Å². The quantitative estimate of drug-likeness (QED) is 0.387. The van der Waals surface area contributed by atoms with E-state index in [0.29, 0.717) is 0 Å². The van der Waals surface area contributed by atoms with Gasteiger partial charge in [-0.3, -0.25) is 0 Å². The second kappa shape index (κ2) is 7.30. The minimum Gasteiger partial charge on any atom is -0.383 e. The lowest BCUT2D eigenvalue weighted by molar-refractivity contribution is 0.200. The van der Waals surface area contributed by atoms with Crippen molar-refractivity contribution in [3.63, 3.8) is 0 Å². The smallest absolute Gasteiger partial charge is 0.0587 e. The minimum atomic E-state index is -0.872. The topological polar surface area (TPSA) is 21.3 Å². The highest BCUT2D eigenvalue weighted by molar-refractivity contribution is 6.76. The Morgan fingerprint density at radius 3 is 2.46 bits per heavy atom. The van der Waals surface area contributed by atoms with E-state index >= 15 is 0 Å². The molecule has 0 aliphatic heterocycles. The fraction of sp³-hybridized carbons (Fsp3) is 0.800. The number of nitrogens with one attached hydrogen (secondary N) is 1. The van der Waals surface area contributed by atoms with Crippen molar-refractivity contribution < 1.29 is 4.74 Å². The highest BCUT2D eigenvalue weighted by Crippen LogP contribution is 2.07. The van der Waals surface area contributed by atoms with Crippen molar-refractivity contribution in [1.82, 2.24) is 5.32 Å². The molecule has 78 valence electrons. The molecule has 0 heterocycles. The Morgan fingerprint density at radius 1 is 1.23 bits per heavy atom. The van der Waals surface area contributed by atoms with E-state index in [1.54, 1.807) is 7.11 Å². The molecule has 0 aromatic heterocycles.